The Hall–Kier alpha value is -0.620. The summed E-state index contributed by atoms with van der Waals surface area (Å²) < 4.78 is 25.6. The van der Waals surface area contributed by atoms with Gasteiger partial charge in [0.05, 0.1) is 5.75 Å². The molecular formula is C14H29NO4S. The average molecular weight is 307 g/mol. The summed E-state index contributed by atoms with van der Waals surface area (Å²) in [6.07, 6.45) is 9.48. The van der Waals surface area contributed by atoms with E-state index in [1.807, 2.05) is 0 Å². The van der Waals surface area contributed by atoms with Crippen LogP contribution in [0.15, 0.2) is 0 Å². The smallest absolute Gasteiger partial charge is 0.303 e. The molecule has 0 aromatic heterocycles. The molecule has 0 rings (SSSR count). The Bertz CT molecular complexity index is 341. The van der Waals surface area contributed by atoms with E-state index < -0.39 is 16.0 Å². The topological polar surface area (TPSA) is 83.5 Å². The Morgan fingerprint density at radius 2 is 1.50 bits per heavy atom. The Morgan fingerprint density at radius 3 is 2.05 bits per heavy atom. The highest BCUT2D eigenvalue weighted by Gasteiger charge is 2.10. The average Bonchev–Trinajstić information content (AvgIpc) is 2.36. The first-order chi connectivity index (χ1) is 9.48. The normalized spacial score (nSPS) is 11.7. The molecule has 0 aliphatic rings. The van der Waals surface area contributed by atoms with Crippen molar-refractivity contribution < 1.29 is 18.3 Å². The Kier molecular flexibility index (Phi) is 11.8. The molecule has 0 atom stereocenters. The third-order valence-corrected chi connectivity index (χ3v) is 4.63. The van der Waals surface area contributed by atoms with Gasteiger partial charge in [-0.05, 0) is 12.8 Å². The highest BCUT2D eigenvalue weighted by atomic mass is 32.2. The summed E-state index contributed by atoms with van der Waals surface area (Å²) >= 11 is 0. The van der Waals surface area contributed by atoms with Gasteiger partial charge >= 0.3 is 5.97 Å². The van der Waals surface area contributed by atoms with E-state index in [2.05, 4.69) is 11.6 Å². The summed E-state index contributed by atoms with van der Waals surface area (Å²) in [6, 6.07) is 0. The van der Waals surface area contributed by atoms with Crippen LogP contribution in [0.25, 0.3) is 0 Å². The SMILES string of the molecule is CCCCCCCCCCNS(=O)(=O)CCCC(=O)O. The lowest BCUT2D eigenvalue weighted by Crippen LogP contribution is -2.27. The quantitative estimate of drug-likeness (QED) is 0.483. The van der Waals surface area contributed by atoms with Crippen molar-refractivity contribution in [1.29, 1.82) is 0 Å². The van der Waals surface area contributed by atoms with Crippen molar-refractivity contribution in [1.82, 2.24) is 4.72 Å². The first kappa shape index (κ1) is 19.4. The summed E-state index contributed by atoms with van der Waals surface area (Å²) in [5.41, 5.74) is 0. The second kappa shape index (κ2) is 12.1. The fourth-order valence-corrected chi connectivity index (χ4v) is 3.10. The third-order valence-electron chi connectivity index (χ3n) is 3.16. The second-order valence-corrected chi connectivity index (χ2v) is 7.11. The number of hydrogen-bond acceptors (Lipinski definition) is 3. The highest BCUT2D eigenvalue weighted by molar-refractivity contribution is 7.89. The molecule has 0 aromatic rings. The molecule has 0 unspecified atom stereocenters. The lowest BCUT2D eigenvalue weighted by molar-refractivity contribution is -0.137. The Morgan fingerprint density at radius 1 is 0.950 bits per heavy atom. The molecule has 0 radical (unpaired) electrons. The van der Waals surface area contributed by atoms with Crippen molar-refractivity contribution in [3.63, 3.8) is 0 Å². The van der Waals surface area contributed by atoms with Crippen LogP contribution in [-0.4, -0.2) is 31.8 Å². The van der Waals surface area contributed by atoms with Gasteiger partial charge in [0, 0.05) is 13.0 Å². The van der Waals surface area contributed by atoms with Crippen LogP contribution in [0.4, 0.5) is 0 Å². The fraction of sp³-hybridized carbons (Fsp3) is 0.929. The lowest BCUT2D eigenvalue weighted by atomic mass is 10.1. The Labute approximate surface area is 123 Å². The van der Waals surface area contributed by atoms with E-state index in [9.17, 15) is 13.2 Å². The molecule has 0 spiro atoms. The molecule has 0 aromatic carbocycles. The first-order valence-corrected chi connectivity index (χ1v) is 9.32. The molecule has 0 amide bonds. The molecule has 0 aliphatic heterocycles. The van der Waals surface area contributed by atoms with Crippen molar-refractivity contribution >= 4 is 16.0 Å². The lowest BCUT2D eigenvalue weighted by Gasteiger charge is -2.06. The molecule has 120 valence electrons. The molecule has 2 N–H and O–H groups in total. The van der Waals surface area contributed by atoms with Crippen LogP contribution in [-0.2, 0) is 14.8 Å². The Balaban J connectivity index is 3.42. The van der Waals surface area contributed by atoms with Crippen molar-refractivity contribution in [3.8, 4) is 0 Å². The highest BCUT2D eigenvalue weighted by Crippen LogP contribution is 2.08. The van der Waals surface area contributed by atoms with Crippen LogP contribution in [0, 0.1) is 0 Å². The summed E-state index contributed by atoms with van der Waals surface area (Å²) in [6.45, 7) is 2.66. The van der Waals surface area contributed by atoms with Gasteiger partial charge in [-0.15, -0.1) is 0 Å². The minimum atomic E-state index is -3.30. The van der Waals surface area contributed by atoms with Gasteiger partial charge in [0.2, 0.25) is 10.0 Å². The van der Waals surface area contributed by atoms with Gasteiger partial charge in [-0.25, -0.2) is 13.1 Å². The predicted octanol–water partition coefficient (Wildman–Crippen LogP) is 2.91. The van der Waals surface area contributed by atoms with Gasteiger partial charge in [-0.3, -0.25) is 4.79 Å². The maximum atomic E-state index is 11.5. The van der Waals surface area contributed by atoms with Crippen LogP contribution >= 0.6 is 0 Å². The minimum Gasteiger partial charge on any atom is -0.481 e. The molecule has 0 saturated carbocycles. The molecule has 20 heavy (non-hydrogen) atoms. The van der Waals surface area contributed by atoms with Crippen molar-refractivity contribution in [2.45, 2.75) is 71.1 Å². The van der Waals surface area contributed by atoms with E-state index in [0.717, 1.165) is 19.3 Å². The number of aliphatic carboxylic acids is 1. The van der Waals surface area contributed by atoms with Gasteiger partial charge in [0.1, 0.15) is 0 Å². The van der Waals surface area contributed by atoms with E-state index in [4.69, 9.17) is 5.11 Å². The number of carbonyl (C=O) groups is 1. The van der Waals surface area contributed by atoms with Crippen molar-refractivity contribution in [3.05, 3.63) is 0 Å². The molecule has 0 saturated heterocycles. The minimum absolute atomic E-state index is 0.0985. The standard InChI is InChI=1S/C14H29NO4S/c1-2-3-4-5-6-7-8-9-12-15-20(18,19)13-10-11-14(16)17/h15H,2-13H2,1H3,(H,16,17). The fourth-order valence-electron chi connectivity index (χ4n) is 1.97. The predicted molar refractivity (Wildman–Crippen MR) is 81.3 cm³/mol. The number of unbranched alkanes of at least 4 members (excludes halogenated alkanes) is 7. The zero-order valence-electron chi connectivity index (χ0n) is 12.6. The summed E-state index contributed by atoms with van der Waals surface area (Å²) in [5, 5.41) is 8.45. The largest absolute Gasteiger partial charge is 0.481 e. The van der Waals surface area contributed by atoms with E-state index in [0.29, 0.717) is 6.54 Å². The first-order valence-electron chi connectivity index (χ1n) is 7.67. The summed E-state index contributed by atoms with van der Waals surface area (Å²) in [4.78, 5) is 10.3. The van der Waals surface area contributed by atoms with Crippen LogP contribution in [0.1, 0.15) is 71.1 Å². The molecular weight excluding hydrogens is 278 g/mol. The van der Waals surface area contributed by atoms with E-state index in [1.54, 1.807) is 0 Å². The molecule has 5 nitrogen and oxygen atoms in total. The van der Waals surface area contributed by atoms with Crippen LogP contribution in [0.5, 0.6) is 0 Å². The van der Waals surface area contributed by atoms with Gasteiger partial charge in [0.15, 0.2) is 0 Å². The molecule has 6 heteroatoms. The number of sulfonamides is 1. The zero-order valence-corrected chi connectivity index (χ0v) is 13.4. The summed E-state index contributed by atoms with van der Waals surface area (Å²) in [5.74, 6) is -1.06. The monoisotopic (exact) mass is 307 g/mol. The van der Waals surface area contributed by atoms with Gasteiger partial charge in [0.25, 0.3) is 0 Å². The van der Waals surface area contributed by atoms with E-state index >= 15 is 0 Å². The van der Waals surface area contributed by atoms with Gasteiger partial charge < -0.3 is 5.11 Å². The maximum absolute atomic E-state index is 11.5. The summed E-state index contributed by atoms with van der Waals surface area (Å²) in [7, 11) is -3.30. The van der Waals surface area contributed by atoms with Crippen LogP contribution < -0.4 is 4.72 Å². The molecule has 0 aliphatic carbocycles. The second-order valence-electron chi connectivity index (χ2n) is 5.19. The van der Waals surface area contributed by atoms with Crippen molar-refractivity contribution in [2.75, 3.05) is 12.3 Å². The number of carboxylic acid groups (broad SMARTS) is 1. The maximum Gasteiger partial charge on any atom is 0.303 e. The number of hydrogen-bond donors (Lipinski definition) is 2. The third kappa shape index (κ3) is 13.8. The van der Waals surface area contributed by atoms with Gasteiger partial charge in [-0.2, -0.15) is 0 Å². The van der Waals surface area contributed by atoms with E-state index in [-0.39, 0.29) is 18.6 Å². The van der Waals surface area contributed by atoms with Crippen LogP contribution in [0.3, 0.4) is 0 Å². The van der Waals surface area contributed by atoms with Crippen molar-refractivity contribution in [2.24, 2.45) is 0 Å². The number of nitrogens with one attached hydrogen (secondary N) is 1. The molecule has 0 heterocycles. The number of rotatable bonds is 14. The van der Waals surface area contributed by atoms with Crippen LogP contribution in [0.2, 0.25) is 0 Å². The number of carboxylic acids is 1. The molecule has 0 fully saturated rings. The zero-order chi connectivity index (χ0) is 15.3. The molecule has 0 bridgehead atoms. The van der Waals surface area contributed by atoms with Gasteiger partial charge in [-0.1, -0.05) is 51.9 Å². The van der Waals surface area contributed by atoms with E-state index in [1.165, 1.54) is 32.1 Å².